The first kappa shape index (κ1) is 16.0. The molecule has 1 aliphatic heterocycles. The van der Waals surface area contributed by atoms with Crippen LogP contribution in [0.3, 0.4) is 0 Å². The van der Waals surface area contributed by atoms with Crippen molar-refractivity contribution in [3.05, 3.63) is 84.4 Å². The lowest BCUT2D eigenvalue weighted by atomic mass is 9.70. The van der Waals surface area contributed by atoms with E-state index in [1.165, 1.54) is 11.1 Å². The van der Waals surface area contributed by atoms with Crippen molar-refractivity contribution in [2.24, 2.45) is 5.92 Å². The Hall–Kier alpha value is -1.90. The molecule has 1 saturated heterocycles. The average molecular weight is 307 g/mol. The van der Waals surface area contributed by atoms with Crippen LogP contribution in [-0.2, 0) is 0 Å². The number of piperidine rings is 1. The van der Waals surface area contributed by atoms with Gasteiger partial charge in [-0.05, 0) is 24.0 Å². The molecule has 1 aliphatic rings. The number of nitrogens with one attached hydrogen (secondary N) is 1. The largest absolute Gasteiger partial charge is 0.389 e. The molecule has 23 heavy (non-hydrogen) atoms. The van der Waals surface area contributed by atoms with E-state index < -0.39 is 5.60 Å². The third-order valence-corrected chi connectivity index (χ3v) is 5.14. The molecule has 2 heteroatoms. The quantitative estimate of drug-likeness (QED) is 0.820. The van der Waals surface area contributed by atoms with Crippen molar-refractivity contribution in [2.75, 3.05) is 0 Å². The minimum atomic E-state index is -0.742. The fraction of sp³-hybridized carbons (Fsp3) is 0.333. The summed E-state index contributed by atoms with van der Waals surface area (Å²) in [5, 5.41) is 15.0. The van der Waals surface area contributed by atoms with Crippen LogP contribution in [-0.4, -0.2) is 10.7 Å². The normalized spacial score (nSPS) is 30.8. The Morgan fingerprint density at radius 1 is 1.09 bits per heavy atom. The van der Waals surface area contributed by atoms with Crippen molar-refractivity contribution >= 4 is 0 Å². The van der Waals surface area contributed by atoms with Gasteiger partial charge in [0.2, 0.25) is 0 Å². The highest BCUT2D eigenvalue weighted by atomic mass is 16.3. The van der Waals surface area contributed by atoms with Gasteiger partial charge < -0.3 is 10.4 Å². The molecule has 0 aromatic heterocycles. The van der Waals surface area contributed by atoms with Crippen LogP contribution in [0.1, 0.15) is 43.0 Å². The van der Waals surface area contributed by atoms with E-state index in [1.54, 1.807) is 0 Å². The van der Waals surface area contributed by atoms with Gasteiger partial charge in [-0.25, -0.2) is 0 Å². The first-order valence-electron chi connectivity index (χ1n) is 8.33. The molecule has 4 atom stereocenters. The minimum Gasteiger partial charge on any atom is -0.389 e. The molecule has 0 unspecified atom stereocenters. The van der Waals surface area contributed by atoms with E-state index in [9.17, 15) is 5.11 Å². The number of rotatable bonds is 4. The predicted molar refractivity (Wildman–Crippen MR) is 95.0 cm³/mol. The Bertz CT molecular complexity index is 639. The molecule has 0 aliphatic carbocycles. The van der Waals surface area contributed by atoms with Crippen LogP contribution in [0.4, 0.5) is 0 Å². The highest BCUT2D eigenvalue weighted by molar-refractivity contribution is 5.26. The Labute approximate surface area is 138 Å². The second-order valence-electron chi connectivity index (χ2n) is 6.61. The monoisotopic (exact) mass is 307 g/mol. The number of benzene rings is 2. The van der Waals surface area contributed by atoms with Crippen LogP contribution in [0.2, 0.25) is 0 Å². The maximum atomic E-state index is 11.3. The van der Waals surface area contributed by atoms with Gasteiger partial charge in [0.15, 0.2) is 0 Å². The van der Waals surface area contributed by atoms with Gasteiger partial charge in [-0.2, -0.15) is 0 Å². The molecule has 1 fully saturated rings. The summed E-state index contributed by atoms with van der Waals surface area (Å²) in [6.45, 7) is 5.98. The third kappa shape index (κ3) is 3.24. The van der Waals surface area contributed by atoms with E-state index in [0.717, 1.165) is 0 Å². The summed E-state index contributed by atoms with van der Waals surface area (Å²) in [6.07, 6.45) is 3.15. The fourth-order valence-corrected chi connectivity index (χ4v) is 3.73. The van der Waals surface area contributed by atoms with Gasteiger partial charge in [0.25, 0.3) is 0 Å². The Morgan fingerprint density at radius 3 is 2.22 bits per heavy atom. The highest BCUT2D eigenvalue weighted by Crippen LogP contribution is 2.44. The van der Waals surface area contributed by atoms with Crippen molar-refractivity contribution in [1.82, 2.24) is 5.32 Å². The van der Waals surface area contributed by atoms with E-state index in [0.29, 0.717) is 12.8 Å². The van der Waals surface area contributed by atoms with Crippen LogP contribution >= 0.6 is 0 Å². The number of aliphatic hydroxyl groups is 1. The van der Waals surface area contributed by atoms with Gasteiger partial charge in [-0.3, -0.25) is 0 Å². The van der Waals surface area contributed by atoms with E-state index in [2.05, 4.69) is 67.4 Å². The topological polar surface area (TPSA) is 32.3 Å². The lowest BCUT2D eigenvalue weighted by Gasteiger charge is -2.47. The zero-order chi connectivity index (χ0) is 16.3. The summed E-state index contributed by atoms with van der Waals surface area (Å²) in [7, 11) is 0. The molecule has 0 spiro atoms. The van der Waals surface area contributed by atoms with Crippen LogP contribution < -0.4 is 5.32 Å². The van der Waals surface area contributed by atoms with Crippen molar-refractivity contribution in [1.29, 1.82) is 0 Å². The lowest BCUT2D eigenvalue weighted by molar-refractivity contribution is -0.0654. The standard InChI is InChI=1S/C21H25NO/c1-3-14-21(23)15-19(17-10-6-4-7-11-17)22-20(16(21)2)18-12-8-5-9-13-18/h3-13,16,19-20,22-23H,1,14-15H2,2H3/t16-,19-,20-,21+/m0/s1. The lowest BCUT2D eigenvalue weighted by Crippen LogP contribution is -2.51. The minimum absolute atomic E-state index is 0.114. The molecule has 2 aromatic carbocycles. The zero-order valence-electron chi connectivity index (χ0n) is 13.7. The van der Waals surface area contributed by atoms with Gasteiger partial charge in [-0.1, -0.05) is 73.7 Å². The van der Waals surface area contributed by atoms with Crippen LogP contribution in [0.15, 0.2) is 73.3 Å². The second kappa shape index (κ2) is 6.69. The summed E-state index contributed by atoms with van der Waals surface area (Å²) >= 11 is 0. The average Bonchev–Trinajstić information content (AvgIpc) is 2.59. The molecular weight excluding hydrogens is 282 g/mol. The van der Waals surface area contributed by atoms with Crippen molar-refractivity contribution in [2.45, 2.75) is 37.5 Å². The molecule has 0 radical (unpaired) electrons. The Morgan fingerprint density at radius 2 is 1.65 bits per heavy atom. The highest BCUT2D eigenvalue weighted by Gasteiger charge is 2.45. The second-order valence-corrected chi connectivity index (χ2v) is 6.61. The van der Waals surface area contributed by atoms with E-state index in [-0.39, 0.29) is 18.0 Å². The summed E-state index contributed by atoms with van der Waals surface area (Å²) in [5.41, 5.74) is 1.71. The van der Waals surface area contributed by atoms with Gasteiger partial charge in [0.1, 0.15) is 0 Å². The summed E-state index contributed by atoms with van der Waals surface area (Å²) in [6, 6.07) is 21.1. The SMILES string of the molecule is C=CC[C@@]1(O)C[C@@H](c2ccccc2)N[C@H](c2ccccc2)[C@@H]1C. The summed E-state index contributed by atoms with van der Waals surface area (Å²) in [4.78, 5) is 0. The van der Waals surface area contributed by atoms with Crippen LogP contribution in [0.5, 0.6) is 0 Å². The van der Waals surface area contributed by atoms with Crippen LogP contribution in [0.25, 0.3) is 0 Å². The fourth-order valence-electron chi connectivity index (χ4n) is 3.73. The zero-order valence-corrected chi connectivity index (χ0v) is 13.7. The molecule has 2 aromatic rings. The predicted octanol–water partition coefficient (Wildman–Crippen LogP) is 4.41. The molecule has 3 rings (SSSR count). The Kier molecular flexibility index (Phi) is 4.65. The smallest absolute Gasteiger partial charge is 0.0743 e. The van der Waals surface area contributed by atoms with Crippen LogP contribution in [0, 0.1) is 5.92 Å². The summed E-state index contributed by atoms with van der Waals surface area (Å²) < 4.78 is 0. The molecule has 120 valence electrons. The summed E-state index contributed by atoms with van der Waals surface area (Å²) in [5.74, 6) is 0.114. The molecular formula is C21H25NO. The molecule has 1 heterocycles. The molecule has 0 bridgehead atoms. The molecule has 2 N–H and O–H groups in total. The number of hydrogen-bond donors (Lipinski definition) is 2. The van der Waals surface area contributed by atoms with Crippen molar-refractivity contribution in [3.8, 4) is 0 Å². The van der Waals surface area contributed by atoms with Crippen molar-refractivity contribution in [3.63, 3.8) is 0 Å². The molecule has 2 nitrogen and oxygen atoms in total. The van der Waals surface area contributed by atoms with E-state index >= 15 is 0 Å². The van der Waals surface area contributed by atoms with E-state index in [1.807, 2.05) is 18.2 Å². The molecule has 0 amide bonds. The van der Waals surface area contributed by atoms with Gasteiger partial charge in [0.05, 0.1) is 5.60 Å². The van der Waals surface area contributed by atoms with Gasteiger partial charge in [-0.15, -0.1) is 6.58 Å². The first-order valence-corrected chi connectivity index (χ1v) is 8.33. The maximum Gasteiger partial charge on any atom is 0.0743 e. The van der Waals surface area contributed by atoms with Gasteiger partial charge >= 0.3 is 0 Å². The first-order chi connectivity index (χ1) is 11.1. The maximum absolute atomic E-state index is 11.3. The number of hydrogen-bond acceptors (Lipinski definition) is 2. The van der Waals surface area contributed by atoms with Crippen molar-refractivity contribution < 1.29 is 5.11 Å². The Balaban J connectivity index is 1.97. The van der Waals surface area contributed by atoms with Gasteiger partial charge in [0, 0.05) is 18.0 Å². The molecule has 0 saturated carbocycles. The third-order valence-electron chi connectivity index (χ3n) is 5.14. The van der Waals surface area contributed by atoms with E-state index in [4.69, 9.17) is 0 Å².